The second-order valence-corrected chi connectivity index (χ2v) is 16.9. The number of alkyl halides is 3. The van der Waals surface area contributed by atoms with Gasteiger partial charge in [0.05, 0.1) is 33.6 Å². The molecule has 3 aliphatic heterocycles. The lowest BCUT2D eigenvalue weighted by Crippen LogP contribution is -2.52. The highest BCUT2D eigenvalue weighted by Gasteiger charge is 2.40. The Morgan fingerprint density at radius 2 is 1.72 bits per heavy atom. The number of piperidine rings is 2. The van der Waals surface area contributed by atoms with Crippen LogP contribution in [0.4, 0.5) is 24.5 Å². The Kier molecular flexibility index (Phi) is 11.4. The highest BCUT2D eigenvalue weighted by Crippen LogP contribution is 2.42. The van der Waals surface area contributed by atoms with Crippen LogP contribution in [0.2, 0.25) is 0 Å². The van der Waals surface area contributed by atoms with Crippen LogP contribution in [0.3, 0.4) is 0 Å². The third kappa shape index (κ3) is 8.53. The summed E-state index contributed by atoms with van der Waals surface area (Å²) >= 11 is 1.58. The summed E-state index contributed by atoms with van der Waals surface area (Å²) in [6.45, 7) is 4.39. The summed E-state index contributed by atoms with van der Waals surface area (Å²) in [6.07, 6.45) is 3.56. The van der Waals surface area contributed by atoms with Gasteiger partial charge in [-0.3, -0.25) is 24.5 Å². The van der Waals surface area contributed by atoms with Crippen LogP contribution in [-0.4, -0.2) is 82.7 Å². The van der Waals surface area contributed by atoms with E-state index in [1.807, 2.05) is 18.2 Å². The first-order chi connectivity index (χ1) is 27.9. The van der Waals surface area contributed by atoms with Crippen LogP contribution in [0.1, 0.15) is 101 Å². The first-order valence-corrected chi connectivity index (χ1v) is 20.8. The van der Waals surface area contributed by atoms with Crippen molar-refractivity contribution in [2.24, 2.45) is 11.8 Å². The zero-order chi connectivity index (χ0) is 40.6. The van der Waals surface area contributed by atoms with E-state index in [1.165, 1.54) is 13.2 Å². The zero-order valence-electron chi connectivity index (χ0n) is 32.2. The van der Waals surface area contributed by atoms with Crippen molar-refractivity contribution in [3.63, 3.8) is 0 Å². The van der Waals surface area contributed by atoms with Gasteiger partial charge in [0.15, 0.2) is 0 Å². The molecule has 0 radical (unpaired) electrons. The maximum absolute atomic E-state index is 13.4. The Labute approximate surface area is 337 Å². The Morgan fingerprint density at radius 3 is 2.47 bits per heavy atom. The molecule has 1 unspecified atom stereocenters. The molecule has 2 aromatic carbocycles. The number of amides is 4. The number of likely N-dealkylation sites (tertiary alicyclic amines) is 1. The molecule has 58 heavy (non-hydrogen) atoms. The van der Waals surface area contributed by atoms with E-state index >= 15 is 0 Å². The summed E-state index contributed by atoms with van der Waals surface area (Å²) < 4.78 is 45.9. The summed E-state index contributed by atoms with van der Waals surface area (Å²) in [7, 11) is 1.47. The molecule has 5 heterocycles. The van der Waals surface area contributed by atoms with Crippen molar-refractivity contribution in [2.75, 3.05) is 43.9 Å². The van der Waals surface area contributed by atoms with Crippen molar-refractivity contribution >= 4 is 56.6 Å². The molecule has 1 aliphatic carbocycles. The summed E-state index contributed by atoms with van der Waals surface area (Å²) in [4.78, 5) is 63.1. The molecular weight excluding hydrogens is 772 g/mol. The lowest BCUT2D eigenvalue weighted by molar-refractivity contribution is -0.141. The third-order valence-electron chi connectivity index (χ3n) is 12.1. The standard InChI is InChI=1S/C42H46F3N7O5S/c1-57-33-20-31-34(21-30(33)48-38(54)29-6-3-7-35(47-29)42(43,44)45)58-40(49-31)26-10-8-25(9-11-26)22-51-18-15-24(16-19-51)14-17-46-28-5-2-4-27-23-52(41(56)37(27)28)32-12-13-36(53)50-39(32)55/h2-7,20-21,24-26,32,46H,8-19,22-23H2,1H3,(H,48,54)(H,50,53,55). The number of fused-ring (bicyclic) bond motifs is 2. The number of ether oxygens (including phenoxy) is 1. The molecule has 2 aromatic heterocycles. The van der Waals surface area contributed by atoms with Crippen LogP contribution in [0.25, 0.3) is 10.2 Å². The lowest BCUT2D eigenvalue weighted by Gasteiger charge is -2.36. The molecule has 4 aliphatic rings. The predicted molar refractivity (Wildman–Crippen MR) is 213 cm³/mol. The predicted octanol–water partition coefficient (Wildman–Crippen LogP) is 7.22. The second-order valence-electron chi connectivity index (χ2n) is 15.8. The highest BCUT2D eigenvalue weighted by molar-refractivity contribution is 7.18. The van der Waals surface area contributed by atoms with Crippen molar-refractivity contribution in [1.29, 1.82) is 0 Å². The number of aromatic nitrogens is 2. The van der Waals surface area contributed by atoms with Crippen molar-refractivity contribution in [3.8, 4) is 5.75 Å². The van der Waals surface area contributed by atoms with Crippen LogP contribution < -0.4 is 20.7 Å². The van der Waals surface area contributed by atoms with Crippen molar-refractivity contribution in [1.82, 2.24) is 25.1 Å². The van der Waals surface area contributed by atoms with Gasteiger partial charge in [-0.1, -0.05) is 18.2 Å². The molecule has 0 bridgehead atoms. The average Bonchev–Trinajstić information content (AvgIpc) is 3.78. The van der Waals surface area contributed by atoms with E-state index in [0.29, 0.717) is 47.7 Å². The second kappa shape index (κ2) is 16.6. The smallest absolute Gasteiger partial charge is 0.433 e. The van der Waals surface area contributed by atoms with Crippen LogP contribution in [-0.2, 0) is 22.3 Å². The Balaban J connectivity index is 0.786. The summed E-state index contributed by atoms with van der Waals surface area (Å²) in [5, 5.41) is 9.60. The average molecular weight is 818 g/mol. The highest BCUT2D eigenvalue weighted by atomic mass is 32.1. The number of carbonyl (C=O) groups is 4. The van der Waals surface area contributed by atoms with E-state index < -0.39 is 29.7 Å². The minimum atomic E-state index is -4.66. The van der Waals surface area contributed by atoms with Crippen LogP contribution in [0, 0.1) is 11.8 Å². The molecule has 3 N–H and O–H groups in total. The molecule has 2 saturated heterocycles. The molecule has 3 fully saturated rings. The monoisotopic (exact) mass is 817 g/mol. The number of halogens is 3. The first kappa shape index (κ1) is 39.7. The summed E-state index contributed by atoms with van der Waals surface area (Å²) in [5.41, 5.74) is 1.96. The van der Waals surface area contributed by atoms with Crippen LogP contribution >= 0.6 is 11.3 Å². The SMILES string of the molecule is COc1cc2nc(C3CCC(CN4CCC(CCNc5cccc6c5C(=O)N(C5CCC(=O)NC5=O)C6)CC4)CC3)sc2cc1NC(=O)c1cccc(C(F)(F)F)n1. The minimum absolute atomic E-state index is 0.160. The topological polar surface area (TPSA) is 146 Å². The minimum Gasteiger partial charge on any atom is -0.494 e. The zero-order valence-corrected chi connectivity index (χ0v) is 33.0. The third-order valence-corrected chi connectivity index (χ3v) is 13.3. The number of benzene rings is 2. The molecule has 0 spiro atoms. The van der Waals surface area contributed by atoms with Gasteiger partial charge in [-0.15, -0.1) is 11.3 Å². The van der Waals surface area contributed by atoms with Gasteiger partial charge >= 0.3 is 6.18 Å². The Hall–Kier alpha value is -5.09. The fourth-order valence-electron chi connectivity index (χ4n) is 8.91. The normalized spacial score (nSPS) is 21.9. The fraction of sp³-hybridized carbons (Fsp3) is 0.476. The molecule has 12 nitrogen and oxygen atoms in total. The molecule has 4 aromatic rings. The molecule has 16 heteroatoms. The van der Waals surface area contributed by atoms with Gasteiger partial charge in [0, 0.05) is 43.7 Å². The van der Waals surface area contributed by atoms with Gasteiger partial charge in [-0.25, -0.2) is 9.97 Å². The van der Waals surface area contributed by atoms with Crippen LogP contribution in [0.5, 0.6) is 5.75 Å². The number of hydrogen-bond donors (Lipinski definition) is 3. The number of rotatable bonds is 11. The number of anilines is 2. The van der Waals surface area contributed by atoms with E-state index in [1.54, 1.807) is 28.4 Å². The van der Waals surface area contributed by atoms with E-state index in [9.17, 15) is 32.3 Å². The van der Waals surface area contributed by atoms with Crippen molar-refractivity contribution < 1.29 is 37.1 Å². The maximum atomic E-state index is 13.4. The molecule has 1 atom stereocenters. The first-order valence-electron chi connectivity index (χ1n) is 20.0. The van der Waals surface area contributed by atoms with Gasteiger partial charge in [0.2, 0.25) is 11.8 Å². The number of methoxy groups -OCH3 is 1. The Morgan fingerprint density at radius 1 is 0.948 bits per heavy atom. The number of hydrogen-bond acceptors (Lipinski definition) is 10. The molecule has 306 valence electrons. The maximum Gasteiger partial charge on any atom is 0.433 e. The number of imide groups is 1. The van der Waals surface area contributed by atoms with Gasteiger partial charge in [0.25, 0.3) is 11.8 Å². The van der Waals surface area contributed by atoms with Gasteiger partial charge in [-0.05, 0) is 106 Å². The van der Waals surface area contributed by atoms with E-state index in [4.69, 9.17) is 9.72 Å². The van der Waals surface area contributed by atoms with E-state index in [-0.39, 0.29) is 23.9 Å². The number of carbonyl (C=O) groups excluding carboxylic acids is 4. The molecule has 8 rings (SSSR count). The Bertz CT molecular complexity index is 2210. The number of thiazole rings is 1. The van der Waals surface area contributed by atoms with Crippen molar-refractivity contribution in [3.05, 3.63) is 76.1 Å². The molecule has 4 amide bonds. The molecular formula is C42H46F3N7O5S. The number of pyridine rings is 1. The van der Waals surface area contributed by atoms with Gasteiger partial charge in [0.1, 0.15) is 23.2 Å². The molecule has 1 saturated carbocycles. The van der Waals surface area contributed by atoms with Gasteiger partial charge < -0.3 is 25.2 Å². The largest absolute Gasteiger partial charge is 0.494 e. The van der Waals surface area contributed by atoms with Crippen LogP contribution in [0.15, 0.2) is 48.5 Å². The number of nitrogens with zero attached hydrogens (tertiary/aromatic N) is 4. The lowest BCUT2D eigenvalue weighted by atomic mass is 9.81. The van der Waals surface area contributed by atoms with E-state index in [0.717, 1.165) is 110 Å². The van der Waals surface area contributed by atoms with Crippen molar-refractivity contribution in [2.45, 2.75) is 82.5 Å². The summed E-state index contributed by atoms with van der Waals surface area (Å²) in [5.74, 6) is 0.327. The fourth-order valence-corrected chi connectivity index (χ4v) is 10.1. The quantitative estimate of drug-likeness (QED) is 0.134. The summed E-state index contributed by atoms with van der Waals surface area (Å²) in [6, 6.07) is 11.9. The number of nitrogens with one attached hydrogen (secondary N) is 3. The van der Waals surface area contributed by atoms with Gasteiger partial charge in [-0.2, -0.15) is 13.2 Å². The van der Waals surface area contributed by atoms with E-state index in [2.05, 4.69) is 25.8 Å².